The molecule has 0 aliphatic heterocycles. The number of nitrogens with zero attached hydrogens (tertiary/aromatic N) is 2. The van der Waals surface area contributed by atoms with Crippen LogP contribution >= 0.6 is 35.3 Å². The molecule has 1 aromatic rings. The first kappa shape index (κ1) is 14.7. The van der Waals surface area contributed by atoms with Gasteiger partial charge in [-0.25, -0.2) is 9.98 Å². The Bertz CT molecular complexity index is 371. The maximum atomic E-state index is 5.84. The Morgan fingerprint density at radius 3 is 2.88 bits per heavy atom. The Morgan fingerprint density at radius 2 is 2.29 bits per heavy atom. The van der Waals surface area contributed by atoms with Crippen LogP contribution in [0.25, 0.3) is 0 Å². The maximum Gasteiger partial charge on any atom is 0.189 e. The number of nitrogens with two attached hydrogens (primary N) is 1. The largest absolute Gasteiger partial charge is 0.370 e. The summed E-state index contributed by atoms with van der Waals surface area (Å²) >= 11 is 1.63. The quantitative estimate of drug-likeness (QED) is 0.491. The molecule has 6 heteroatoms. The smallest absolute Gasteiger partial charge is 0.189 e. The van der Waals surface area contributed by atoms with Crippen molar-refractivity contribution >= 4 is 41.3 Å². The van der Waals surface area contributed by atoms with E-state index in [0.29, 0.717) is 18.5 Å². The molecule has 0 amide bonds. The monoisotopic (exact) mass is 366 g/mol. The van der Waals surface area contributed by atoms with E-state index in [9.17, 15) is 0 Å². The van der Waals surface area contributed by atoms with Gasteiger partial charge in [-0.05, 0) is 19.8 Å². The molecule has 3 N–H and O–H groups in total. The summed E-state index contributed by atoms with van der Waals surface area (Å²) in [5.74, 6) is 0.569. The average Bonchev–Trinajstić information content (AvgIpc) is 2.87. The third kappa shape index (κ3) is 4.42. The summed E-state index contributed by atoms with van der Waals surface area (Å²) in [6.45, 7) is 2.64. The van der Waals surface area contributed by atoms with Crippen LogP contribution in [-0.4, -0.2) is 17.0 Å². The standard InChI is InChI=1S/C11H18N4S.HI/c1-8-10(16-7-14-8)6-13-11(12)15-9-4-2-3-5-9;/h7,9H,2-6H2,1H3,(H3,12,13,15);1H. The van der Waals surface area contributed by atoms with Crippen LogP contribution in [0.1, 0.15) is 36.3 Å². The molecule has 0 unspecified atom stereocenters. The van der Waals surface area contributed by atoms with Gasteiger partial charge in [0.25, 0.3) is 0 Å². The number of aromatic nitrogens is 1. The Labute approximate surface area is 123 Å². The van der Waals surface area contributed by atoms with E-state index in [1.54, 1.807) is 11.3 Å². The minimum Gasteiger partial charge on any atom is -0.370 e. The van der Waals surface area contributed by atoms with Gasteiger partial charge in [0.05, 0.1) is 17.7 Å². The van der Waals surface area contributed by atoms with E-state index >= 15 is 0 Å². The highest BCUT2D eigenvalue weighted by Gasteiger charge is 2.14. The van der Waals surface area contributed by atoms with Gasteiger partial charge in [-0.1, -0.05) is 12.8 Å². The Morgan fingerprint density at radius 1 is 1.59 bits per heavy atom. The molecule has 96 valence electrons. The summed E-state index contributed by atoms with van der Waals surface area (Å²) in [6, 6.07) is 0.534. The molecule has 0 bridgehead atoms. The fourth-order valence-electron chi connectivity index (χ4n) is 1.96. The van der Waals surface area contributed by atoms with Crippen LogP contribution in [0.2, 0.25) is 0 Å². The normalized spacial score (nSPS) is 16.9. The molecule has 0 radical (unpaired) electrons. The number of nitrogens with one attached hydrogen (secondary N) is 1. The third-order valence-electron chi connectivity index (χ3n) is 2.95. The van der Waals surface area contributed by atoms with Crippen molar-refractivity contribution in [3.63, 3.8) is 0 Å². The average molecular weight is 366 g/mol. The molecule has 1 aliphatic carbocycles. The van der Waals surface area contributed by atoms with Crippen LogP contribution < -0.4 is 11.1 Å². The van der Waals surface area contributed by atoms with E-state index in [-0.39, 0.29) is 24.0 Å². The highest BCUT2D eigenvalue weighted by molar-refractivity contribution is 14.0. The van der Waals surface area contributed by atoms with Crippen molar-refractivity contribution in [2.45, 2.75) is 45.2 Å². The van der Waals surface area contributed by atoms with Crippen LogP contribution in [0.15, 0.2) is 10.5 Å². The number of rotatable bonds is 3. The molecule has 4 nitrogen and oxygen atoms in total. The molecule has 1 aromatic heterocycles. The van der Waals surface area contributed by atoms with Crippen molar-refractivity contribution in [1.82, 2.24) is 10.3 Å². The van der Waals surface area contributed by atoms with Crippen LogP contribution in [0.3, 0.4) is 0 Å². The van der Waals surface area contributed by atoms with Crippen molar-refractivity contribution in [3.8, 4) is 0 Å². The minimum absolute atomic E-state index is 0. The number of halogens is 1. The van der Waals surface area contributed by atoms with E-state index in [1.807, 2.05) is 12.4 Å². The maximum absolute atomic E-state index is 5.84. The van der Waals surface area contributed by atoms with E-state index in [0.717, 1.165) is 5.69 Å². The summed E-state index contributed by atoms with van der Waals surface area (Å²) in [5.41, 5.74) is 8.75. The van der Waals surface area contributed by atoms with E-state index < -0.39 is 0 Å². The zero-order valence-electron chi connectivity index (χ0n) is 9.98. The van der Waals surface area contributed by atoms with Gasteiger partial charge in [0, 0.05) is 10.9 Å². The number of hydrogen-bond donors (Lipinski definition) is 2. The molecule has 0 spiro atoms. The molecule has 1 heterocycles. The Kier molecular flexibility index (Phi) is 6.18. The van der Waals surface area contributed by atoms with E-state index in [1.165, 1.54) is 30.6 Å². The van der Waals surface area contributed by atoms with Crippen molar-refractivity contribution in [2.24, 2.45) is 10.7 Å². The lowest BCUT2D eigenvalue weighted by molar-refractivity contribution is 0.625. The lowest BCUT2D eigenvalue weighted by atomic mass is 10.2. The van der Waals surface area contributed by atoms with Crippen molar-refractivity contribution in [3.05, 3.63) is 16.1 Å². The number of thiazole rings is 1. The van der Waals surface area contributed by atoms with Crippen molar-refractivity contribution in [1.29, 1.82) is 0 Å². The van der Waals surface area contributed by atoms with Gasteiger partial charge >= 0.3 is 0 Å². The molecular formula is C11H19IN4S. The van der Waals surface area contributed by atoms with Crippen molar-refractivity contribution < 1.29 is 0 Å². The molecule has 0 atom stereocenters. The highest BCUT2D eigenvalue weighted by Crippen LogP contribution is 2.17. The fraction of sp³-hybridized carbons (Fsp3) is 0.636. The van der Waals surface area contributed by atoms with Gasteiger partial charge in [-0.15, -0.1) is 35.3 Å². The second-order valence-corrected chi connectivity index (χ2v) is 5.13. The molecule has 1 fully saturated rings. The molecule has 0 aromatic carbocycles. The number of guanidine groups is 1. The van der Waals surface area contributed by atoms with Gasteiger partial charge in [0.2, 0.25) is 0 Å². The van der Waals surface area contributed by atoms with Crippen molar-refractivity contribution in [2.75, 3.05) is 0 Å². The number of aliphatic imine (C=N–C) groups is 1. The first-order valence-corrected chi connectivity index (χ1v) is 6.59. The second kappa shape index (κ2) is 7.15. The Balaban J connectivity index is 0.00000144. The second-order valence-electron chi connectivity index (χ2n) is 4.19. The lowest BCUT2D eigenvalue weighted by Gasteiger charge is -2.11. The zero-order valence-corrected chi connectivity index (χ0v) is 13.1. The van der Waals surface area contributed by atoms with Gasteiger partial charge in [-0.3, -0.25) is 0 Å². The first-order valence-electron chi connectivity index (χ1n) is 5.71. The number of hydrogen-bond acceptors (Lipinski definition) is 3. The summed E-state index contributed by atoms with van der Waals surface area (Å²) in [5, 5.41) is 3.27. The van der Waals surface area contributed by atoms with E-state index in [4.69, 9.17) is 5.73 Å². The third-order valence-corrected chi connectivity index (χ3v) is 3.86. The van der Waals surface area contributed by atoms with Gasteiger partial charge in [0.15, 0.2) is 5.96 Å². The molecule has 2 rings (SSSR count). The predicted molar refractivity (Wildman–Crippen MR) is 83.0 cm³/mol. The van der Waals surface area contributed by atoms with Crippen LogP contribution in [0.5, 0.6) is 0 Å². The SMILES string of the molecule is Cc1ncsc1CN=C(N)NC1CCCC1.I. The molecular weight excluding hydrogens is 347 g/mol. The Hall–Kier alpha value is -0.370. The summed E-state index contributed by atoms with van der Waals surface area (Å²) < 4.78 is 0. The van der Waals surface area contributed by atoms with Gasteiger partial charge in [0.1, 0.15) is 0 Å². The number of aryl methyl sites for hydroxylation is 1. The molecule has 1 saturated carbocycles. The summed E-state index contributed by atoms with van der Waals surface area (Å²) in [6.07, 6.45) is 5.05. The fourth-order valence-corrected chi connectivity index (χ4v) is 2.66. The zero-order chi connectivity index (χ0) is 11.4. The van der Waals surface area contributed by atoms with Crippen LogP contribution in [-0.2, 0) is 6.54 Å². The summed E-state index contributed by atoms with van der Waals surface area (Å²) in [7, 11) is 0. The van der Waals surface area contributed by atoms with Gasteiger partial charge in [-0.2, -0.15) is 0 Å². The van der Waals surface area contributed by atoms with E-state index in [2.05, 4.69) is 15.3 Å². The minimum atomic E-state index is 0. The summed E-state index contributed by atoms with van der Waals surface area (Å²) in [4.78, 5) is 9.72. The molecule has 1 aliphatic rings. The van der Waals surface area contributed by atoms with Crippen LogP contribution in [0, 0.1) is 6.92 Å². The topological polar surface area (TPSA) is 63.3 Å². The highest BCUT2D eigenvalue weighted by atomic mass is 127. The lowest BCUT2D eigenvalue weighted by Crippen LogP contribution is -2.38. The molecule has 17 heavy (non-hydrogen) atoms. The van der Waals surface area contributed by atoms with Gasteiger partial charge < -0.3 is 11.1 Å². The first-order chi connectivity index (χ1) is 7.75. The predicted octanol–water partition coefficient (Wildman–Crippen LogP) is 2.42. The molecule has 0 saturated heterocycles. The van der Waals surface area contributed by atoms with Crippen LogP contribution in [0.4, 0.5) is 0 Å².